The molecule has 0 aliphatic heterocycles. The van der Waals surface area contributed by atoms with E-state index in [0.717, 1.165) is 11.4 Å². The van der Waals surface area contributed by atoms with Crippen LogP contribution in [0, 0.1) is 6.92 Å². The number of anilines is 2. The highest BCUT2D eigenvalue weighted by atomic mass is 32.1. The number of amides is 1. The summed E-state index contributed by atoms with van der Waals surface area (Å²) in [6.45, 7) is 1.93. The molecule has 3 rings (SSSR count). The molecular formula is C15H12N2OS2. The summed E-state index contributed by atoms with van der Waals surface area (Å²) in [5.74, 6) is -0.0412. The van der Waals surface area contributed by atoms with Gasteiger partial charge in [0, 0.05) is 5.38 Å². The third-order valence-corrected chi connectivity index (χ3v) is 4.55. The van der Waals surface area contributed by atoms with E-state index in [0.29, 0.717) is 10.0 Å². The first-order valence-electron chi connectivity index (χ1n) is 6.11. The van der Waals surface area contributed by atoms with Gasteiger partial charge in [-0.3, -0.25) is 9.69 Å². The normalized spacial score (nSPS) is 10.4. The summed E-state index contributed by atoms with van der Waals surface area (Å²) in [4.78, 5) is 19.5. The zero-order valence-corrected chi connectivity index (χ0v) is 12.4. The van der Waals surface area contributed by atoms with Crippen molar-refractivity contribution in [3.8, 4) is 0 Å². The maximum atomic E-state index is 12.7. The molecule has 0 fully saturated rings. The summed E-state index contributed by atoms with van der Waals surface area (Å²) < 4.78 is 0. The average molecular weight is 300 g/mol. The standard InChI is InChI=1S/C15H12N2OS2/c1-11-10-20-15(16-11)17(12-6-3-2-4-7-12)14(18)13-8-5-9-19-13/h2-10H,1H3. The Hall–Kier alpha value is -1.98. The largest absolute Gasteiger partial charge is 0.274 e. The monoisotopic (exact) mass is 300 g/mol. The number of aryl methyl sites for hydroxylation is 1. The molecule has 0 spiro atoms. The molecule has 20 heavy (non-hydrogen) atoms. The van der Waals surface area contributed by atoms with Crippen LogP contribution in [0.2, 0.25) is 0 Å². The van der Waals surface area contributed by atoms with Crippen molar-refractivity contribution < 1.29 is 4.79 Å². The number of thiazole rings is 1. The number of hydrogen-bond acceptors (Lipinski definition) is 4. The molecule has 0 aliphatic carbocycles. The van der Waals surface area contributed by atoms with Crippen molar-refractivity contribution in [1.29, 1.82) is 0 Å². The fourth-order valence-electron chi connectivity index (χ4n) is 1.85. The number of carbonyl (C=O) groups excluding carboxylic acids is 1. The van der Waals surface area contributed by atoms with Crippen LogP contribution in [0.1, 0.15) is 15.4 Å². The number of para-hydroxylation sites is 1. The summed E-state index contributed by atoms with van der Waals surface area (Å²) >= 11 is 2.92. The van der Waals surface area contributed by atoms with Gasteiger partial charge in [0.1, 0.15) is 0 Å². The molecule has 0 radical (unpaired) electrons. The number of rotatable bonds is 3. The van der Waals surface area contributed by atoms with Crippen LogP contribution in [-0.2, 0) is 0 Å². The van der Waals surface area contributed by atoms with Crippen molar-refractivity contribution in [2.75, 3.05) is 4.90 Å². The number of carbonyl (C=O) groups is 1. The van der Waals surface area contributed by atoms with E-state index in [-0.39, 0.29) is 5.91 Å². The quantitative estimate of drug-likeness (QED) is 0.714. The molecule has 3 nitrogen and oxygen atoms in total. The van der Waals surface area contributed by atoms with E-state index in [4.69, 9.17) is 0 Å². The van der Waals surface area contributed by atoms with Crippen molar-refractivity contribution in [3.63, 3.8) is 0 Å². The number of aromatic nitrogens is 1. The topological polar surface area (TPSA) is 33.2 Å². The van der Waals surface area contributed by atoms with Gasteiger partial charge >= 0.3 is 0 Å². The highest BCUT2D eigenvalue weighted by Crippen LogP contribution is 2.30. The van der Waals surface area contributed by atoms with Crippen LogP contribution in [0.5, 0.6) is 0 Å². The fraction of sp³-hybridized carbons (Fsp3) is 0.0667. The lowest BCUT2D eigenvalue weighted by molar-refractivity contribution is 0.100. The van der Waals surface area contributed by atoms with Crippen molar-refractivity contribution >= 4 is 39.4 Å². The zero-order valence-electron chi connectivity index (χ0n) is 10.8. The Morgan fingerprint density at radius 3 is 2.50 bits per heavy atom. The number of thiophene rings is 1. The van der Waals surface area contributed by atoms with Crippen molar-refractivity contribution in [2.45, 2.75) is 6.92 Å². The average Bonchev–Trinajstić information content (AvgIpc) is 3.12. The summed E-state index contributed by atoms with van der Waals surface area (Å²) in [5.41, 5.74) is 1.75. The Morgan fingerprint density at radius 2 is 1.90 bits per heavy atom. The maximum Gasteiger partial charge on any atom is 0.274 e. The second-order valence-corrected chi connectivity index (χ2v) is 6.01. The van der Waals surface area contributed by atoms with E-state index in [1.165, 1.54) is 22.7 Å². The molecule has 0 saturated carbocycles. The van der Waals surface area contributed by atoms with Gasteiger partial charge in [-0.1, -0.05) is 24.3 Å². The van der Waals surface area contributed by atoms with Gasteiger partial charge in [0.25, 0.3) is 5.91 Å². The molecule has 0 bridgehead atoms. The Kier molecular flexibility index (Phi) is 3.62. The SMILES string of the molecule is Cc1csc(N(C(=O)c2cccs2)c2ccccc2)n1. The molecule has 0 atom stereocenters. The first-order chi connectivity index (χ1) is 9.75. The molecular weight excluding hydrogens is 288 g/mol. The Bertz CT molecular complexity index is 705. The minimum atomic E-state index is -0.0412. The van der Waals surface area contributed by atoms with E-state index in [2.05, 4.69) is 4.98 Å². The summed E-state index contributed by atoms with van der Waals surface area (Å²) in [5, 5.41) is 4.56. The third kappa shape index (κ3) is 2.50. The molecule has 2 heterocycles. The van der Waals surface area contributed by atoms with E-state index in [1.54, 1.807) is 4.90 Å². The molecule has 5 heteroatoms. The van der Waals surface area contributed by atoms with Crippen LogP contribution in [0.3, 0.4) is 0 Å². The highest BCUT2D eigenvalue weighted by molar-refractivity contribution is 7.14. The summed E-state index contributed by atoms with van der Waals surface area (Å²) in [6, 6.07) is 13.3. The maximum absolute atomic E-state index is 12.7. The van der Waals surface area contributed by atoms with Crippen molar-refractivity contribution in [3.05, 3.63) is 63.8 Å². The van der Waals surface area contributed by atoms with Crippen LogP contribution >= 0.6 is 22.7 Å². The Labute approximate surface area is 125 Å². The Balaban J connectivity index is 2.07. The minimum absolute atomic E-state index is 0.0412. The molecule has 0 unspecified atom stereocenters. The van der Waals surface area contributed by atoms with Crippen molar-refractivity contribution in [1.82, 2.24) is 4.98 Å². The first-order valence-corrected chi connectivity index (χ1v) is 7.87. The third-order valence-electron chi connectivity index (χ3n) is 2.75. The van der Waals surface area contributed by atoms with Crippen LogP contribution in [-0.4, -0.2) is 10.9 Å². The van der Waals surface area contributed by atoms with Gasteiger partial charge in [0.2, 0.25) is 0 Å². The number of nitrogens with zero attached hydrogens (tertiary/aromatic N) is 2. The highest BCUT2D eigenvalue weighted by Gasteiger charge is 2.22. The predicted molar refractivity (Wildman–Crippen MR) is 84.1 cm³/mol. The van der Waals surface area contributed by atoms with Crippen LogP contribution < -0.4 is 4.90 Å². The van der Waals surface area contributed by atoms with Gasteiger partial charge in [-0.05, 0) is 30.5 Å². The van der Waals surface area contributed by atoms with Crippen LogP contribution in [0.4, 0.5) is 10.8 Å². The van der Waals surface area contributed by atoms with Gasteiger partial charge in [-0.15, -0.1) is 22.7 Å². The van der Waals surface area contributed by atoms with E-state index >= 15 is 0 Å². The smallest absolute Gasteiger partial charge is 0.267 e. The Morgan fingerprint density at radius 1 is 1.10 bits per heavy atom. The first kappa shape index (κ1) is 13.0. The van der Waals surface area contributed by atoms with E-state index in [9.17, 15) is 4.79 Å². The predicted octanol–water partition coefficient (Wildman–Crippen LogP) is 4.49. The molecule has 0 saturated heterocycles. The van der Waals surface area contributed by atoms with Crippen LogP contribution in [0.15, 0.2) is 53.2 Å². The van der Waals surface area contributed by atoms with Gasteiger partial charge in [0.05, 0.1) is 16.3 Å². The molecule has 2 aromatic heterocycles. The van der Waals surface area contributed by atoms with E-state index in [1.807, 2.05) is 60.1 Å². The minimum Gasteiger partial charge on any atom is -0.267 e. The van der Waals surface area contributed by atoms with Crippen LogP contribution in [0.25, 0.3) is 0 Å². The zero-order chi connectivity index (χ0) is 13.9. The molecule has 100 valence electrons. The number of hydrogen-bond donors (Lipinski definition) is 0. The second-order valence-electron chi connectivity index (χ2n) is 4.22. The number of benzene rings is 1. The van der Waals surface area contributed by atoms with Gasteiger partial charge < -0.3 is 0 Å². The van der Waals surface area contributed by atoms with Crippen molar-refractivity contribution in [2.24, 2.45) is 0 Å². The molecule has 0 N–H and O–H groups in total. The van der Waals surface area contributed by atoms with Gasteiger partial charge in [-0.2, -0.15) is 0 Å². The van der Waals surface area contributed by atoms with E-state index < -0.39 is 0 Å². The second kappa shape index (κ2) is 5.56. The molecule has 1 aromatic carbocycles. The fourth-order valence-corrected chi connectivity index (χ4v) is 3.32. The lowest BCUT2D eigenvalue weighted by Crippen LogP contribution is -2.25. The summed E-state index contributed by atoms with van der Waals surface area (Å²) in [7, 11) is 0. The van der Waals surface area contributed by atoms with Gasteiger partial charge in [0.15, 0.2) is 5.13 Å². The summed E-state index contributed by atoms with van der Waals surface area (Å²) in [6.07, 6.45) is 0. The van der Waals surface area contributed by atoms with Gasteiger partial charge in [-0.25, -0.2) is 4.98 Å². The lowest BCUT2D eigenvalue weighted by atomic mass is 10.3. The molecule has 0 aliphatic rings. The molecule has 3 aromatic rings. The molecule has 1 amide bonds. The lowest BCUT2D eigenvalue weighted by Gasteiger charge is -2.19.